The van der Waals surface area contributed by atoms with Gasteiger partial charge in [-0.05, 0) is 36.3 Å². The van der Waals surface area contributed by atoms with Gasteiger partial charge < -0.3 is 10.1 Å². The van der Waals surface area contributed by atoms with E-state index in [2.05, 4.69) is 17.6 Å². The van der Waals surface area contributed by atoms with Crippen molar-refractivity contribution in [3.8, 4) is 0 Å². The first-order chi connectivity index (χ1) is 11.5. The Hall–Kier alpha value is -2.15. The van der Waals surface area contributed by atoms with Crippen LogP contribution in [-0.4, -0.2) is 30.6 Å². The number of rotatable bonds is 5. The molecule has 0 aromatic carbocycles. The van der Waals surface area contributed by atoms with E-state index in [0.29, 0.717) is 5.92 Å². The first-order valence-electron chi connectivity index (χ1n) is 8.03. The molecule has 1 aliphatic rings. The summed E-state index contributed by atoms with van der Waals surface area (Å²) in [5, 5.41) is 6.88. The predicted molar refractivity (Wildman–Crippen MR) is 92.4 cm³/mol. The van der Waals surface area contributed by atoms with Gasteiger partial charge in [0.25, 0.3) is 5.91 Å². The van der Waals surface area contributed by atoms with Crippen molar-refractivity contribution in [3.05, 3.63) is 28.5 Å². The molecule has 130 valence electrons. The number of carbonyl (C=O) groups is 3. The van der Waals surface area contributed by atoms with E-state index < -0.39 is 24.5 Å². The molecule has 3 amide bonds. The lowest BCUT2D eigenvalue weighted by molar-refractivity contribution is -0.143. The number of imide groups is 1. The number of carbonyl (C=O) groups excluding carboxylic acids is 3. The summed E-state index contributed by atoms with van der Waals surface area (Å²) < 4.78 is 4.80. The number of esters is 1. The van der Waals surface area contributed by atoms with Crippen molar-refractivity contribution < 1.29 is 19.1 Å². The average molecular weight is 350 g/mol. The van der Waals surface area contributed by atoms with Gasteiger partial charge in [0.15, 0.2) is 6.61 Å². The summed E-state index contributed by atoms with van der Waals surface area (Å²) in [6, 6.07) is 3.28. The topological polar surface area (TPSA) is 84.5 Å². The number of thiophene rings is 1. The lowest BCUT2D eigenvalue weighted by Crippen LogP contribution is -2.48. The Balaban J connectivity index is 1.66. The van der Waals surface area contributed by atoms with Crippen LogP contribution in [0.15, 0.2) is 23.6 Å². The van der Waals surface area contributed by atoms with Gasteiger partial charge in [0.05, 0.1) is 0 Å². The summed E-state index contributed by atoms with van der Waals surface area (Å²) in [5.41, 5.74) is 0. The second kappa shape index (κ2) is 9.22. The monoisotopic (exact) mass is 350 g/mol. The zero-order valence-electron chi connectivity index (χ0n) is 13.6. The third kappa shape index (κ3) is 6.16. The Morgan fingerprint density at radius 3 is 2.83 bits per heavy atom. The van der Waals surface area contributed by atoms with Crippen LogP contribution in [0.25, 0.3) is 6.08 Å². The molecule has 1 fully saturated rings. The van der Waals surface area contributed by atoms with E-state index >= 15 is 0 Å². The molecule has 0 spiro atoms. The van der Waals surface area contributed by atoms with Crippen molar-refractivity contribution >= 4 is 35.3 Å². The van der Waals surface area contributed by atoms with Crippen LogP contribution in [0.4, 0.5) is 4.79 Å². The average Bonchev–Trinajstić information content (AvgIpc) is 3.06. The zero-order valence-corrected chi connectivity index (χ0v) is 14.4. The maximum absolute atomic E-state index is 11.8. The molecule has 0 saturated heterocycles. The number of nitrogens with one attached hydrogen (secondary N) is 2. The predicted octanol–water partition coefficient (Wildman–Crippen LogP) is 2.71. The molecular weight excluding hydrogens is 328 g/mol. The van der Waals surface area contributed by atoms with E-state index in [1.807, 2.05) is 17.5 Å². The van der Waals surface area contributed by atoms with Gasteiger partial charge in [-0.1, -0.05) is 25.8 Å². The van der Waals surface area contributed by atoms with Crippen LogP contribution < -0.4 is 10.6 Å². The van der Waals surface area contributed by atoms with Crippen LogP contribution in [0.2, 0.25) is 0 Å². The van der Waals surface area contributed by atoms with Gasteiger partial charge in [0, 0.05) is 17.0 Å². The van der Waals surface area contributed by atoms with E-state index in [1.54, 1.807) is 6.08 Å². The largest absolute Gasteiger partial charge is 0.452 e. The molecule has 6 nitrogen and oxygen atoms in total. The lowest BCUT2D eigenvalue weighted by Gasteiger charge is -2.29. The van der Waals surface area contributed by atoms with E-state index in [9.17, 15) is 14.4 Å². The SMILES string of the molecule is CC1CCCCC1NC(=O)NC(=O)COC(=O)/C=C/c1cccs1. The van der Waals surface area contributed by atoms with Crippen molar-refractivity contribution in [1.82, 2.24) is 10.6 Å². The normalized spacial score (nSPS) is 20.5. The molecule has 7 heteroatoms. The summed E-state index contributed by atoms with van der Waals surface area (Å²) in [6.45, 7) is 1.61. The quantitative estimate of drug-likeness (QED) is 0.632. The first kappa shape index (κ1) is 18.2. The smallest absolute Gasteiger partial charge is 0.331 e. The summed E-state index contributed by atoms with van der Waals surface area (Å²) in [7, 11) is 0. The third-order valence-electron chi connectivity index (χ3n) is 3.95. The van der Waals surface area contributed by atoms with Crippen LogP contribution in [0.3, 0.4) is 0 Å². The van der Waals surface area contributed by atoms with Crippen LogP contribution in [0.1, 0.15) is 37.5 Å². The Labute approximate surface area is 145 Å². The fourth-order valence-electron chi connectivity index (χ4n) is 2.62. The van der Waals surface area contributed by atoms with Crippen LogP contribution in [0, 0.1) is 5.92 Å². The molecule has 0 aliphatic heterocycles. The van der Waals surface area contributed by atoms with Gasteiger partial charge in [0.2, 0.25) is 0 Å². The molecule has 0 bridgehead atoms. The maximum atomic E-state index is 11.8. The van der Waals surface area contributed by atoms with Crippen LogP contribution >= 0.6 is 11.3 Å². The summed E-state index contributed by atoms with van der Waals surface area (Å²) in [6.07, 6.45) is 7.12. The number of amides is 3. The summed E-state index contributed by atoms with van der Waals surface area (Å²) >= 11 is 1.49. The van der Waals surface area contributed by atoms with Gasteiger partial charge in [-0.15, -0.1) is 11.3 Å². The van der Waals surface area contributed by atoms with Crippen LogP contribution in [-0.2, 0) is 14.3 Å². The van der Waals surface area contributed by atoms with Gasteiger partial charge >= 0.3 is 12.0 Å². The molecule has 1 aromatic heterocycles. The first-order valence-corrected chi connectivity index (χ1v) is 8.91. The number of hydrogen-bond donors (Lipinski definition) is 2. The van der Waals surface area contributed by atoms with E-state index in [-0.39, 0.29) is 6.04 Å². The highest BCUT2D eigenvalue weighted by molar-refractivity contribution is 7.10. The fraction of sp³-hybridized carbons (Fsp3) is 0.471. The van der Waals surface area contributed by atoms with E-state index in [1.165, 1.54) is 23.8 Å². The van der Waals surface area contributed by atoms with E-state index in [4.69, 9.17) is 4.74 Å². The highest BCUT2D eigenvalue weighted by Crippen LogP contribution is 2.23. The second-order valence-corrected chi connectivity index (χ2v) is 6.83. The standard InChI is InChI=1S/C17H22N2O4S/c1-12-5-2-3-7-14(12)18-17(22)19-15(20)11-23-16(21)9-8-13-6-4-10-24-13/h4,6,8-10,12,14H,2-3,5,7,11H2,1H3,(H2,18,19,20,22)/b9-8+. The molecule has 1 heterocycles. The maximum Gasteiger partial charge on any atom is 0.331 e. The number of ether oxygens (including phenoxy) is 1. The van der Waals surface area contributed by atoms with Crippen molar-refractivity contribution in [1.29, 1.82) is 0 Å². The Bertz CT molecular complexity index is 598. The van der Waals surface area contributed by atoms with Crippen molar-refractivity contribution in [3.63, 3.8) is 0 Å². The molecule has 2 N–H and O–H groups in total. The van der Waals surface area contributed by atoms with E-state index in [0.717, 1.165) is 24.1 Å². The Morgan fingerprint density at radius 2 is 2.12 bits per heavy atom. The minimum atomic E-state index is -0.645. The molecule has 2 unspecified atom stereocenters. The molecular formula is C17H22N2O4S. The minimum absolute atomic E-state index is 0.0860. The molecule has 1 aliphatic carbocycles. The Morgan fingerprint density at radius 1 is 1.33 bits per heavy atom. The molecule has 2 rings (SSSR count). The van der Waals surface area contributed by atoms with Crippen molar-refractivity contribution in [2.75, 3.05) is 6.61 Å². The van der Waals surface area contributed by atoms with Crippen molar-refractivity contribution in [2.45, 2.75) is 38.6 Å². The Kier molecular flexibility index (Phi) is 6.99. The van der Waals surface area contributed by atoms with Crippen molar-refractivity contribution in [2.24, 2.45) is 5.92 Å². The lowest BCUT2D eigenvalue weighted by atomic mass is 9.86. The fourth-order valence-corrected chi connectivity index (χ4v) is 3.24. The highest BCUT2D eigenvalue weighted by atomic mass is 32.1. The highest BCUT2D eigenvalue weighted by Gasteiger charge is 2.23. The molecule has 1 aromatic rings. The van der Waals surface area contributed by atoms with Gasteiger partial charge in [-0.2, -0.15) is 0 Å². The zero-order chi connectivity index (χ0) is 17.4. The molecule has 24 heavy (non-hydrogen) atoms. The molecule has 2 atom stereocenters. The summed E-state index contributed by atoms with van der Waals surface area (Å²) in [4.78, 5) is 35.9. The van der Waals surface area contributed by atoms with Gasteiger partial charge in [0.1, 0.15) is 0 Å². The second-order valence-electron chi connectivity index (χ2n) is 5.85. The van der Waals surface area contributed by atoms with Crippen LogP contribution in [0.5, 0.6) is 0 Å². The third-order valence-corrected chi connectivity index (χ3v) is 4.79. The molecule has 1 saturated carbocycles. The minimum Gasteiger partial charge on any atom is -0.452 e. The molecule has 0 radical (unpaired) electrons. The van der Waals surface area contributed by atoms with Gasteiger partial charge in [-0.25, -0.2) is 9.59 Å². The number of hydrogen-bond acceptors (Lipinski definition) is 5. The summed E-state index contributed by atoms with van der Waals surface area (Å²) in [5.74, 6) is -0.867. The van der Waals surface area contributed by atoms with Gasteiger partial charge in [-0.3, -0.25) is 10.1 Å². The number of urea groups is 1.